The summed E-state index contributed by atoms with van der Waals surface area (Å²) in [7, 11) is 0. The molecule has 0 spiro atoms. The van der Waals surface area contributed by atoms with Crippen molar-refractivity contribution in [1.82, 2.24) is 0 Å². The number of aromatic carboxylic acids is 2. The van der Waals surface area contributed by atoms with Gasteiger partial charge in [-0.2, -0.15) is 0 Å². The number of carboxylic acids is 2. The maximum atomic E-state index is 10.8. The molecular formula is C11H10O6. The van der Waals surface area contributed by atoms with Gasteiger partial charge in [0.05, 0.1) is 11.1 Å². The van der Waals surface area contributed by atoms with Crippen molar-refractivity contribution in [3.8, 4) is 5.75 Å². The van der Waals surface area contributed by atoms with Gasteiger partial charge in [-0.1, -0.05) is 0 Å². The van der Waals surface area contributed by atoms with Crippen LogP contribution in [-0.2, 0) is 4.79 Å². The molecule has 17 heavy (non-hydrogen) atoms. The van der Waals surface area contributed by atoms with Crippen LogP contribution in [0.2, 0.25) is 0 Å². The zero-order valence-electron chi connectivity index (χ0n) is 8.97. The summed E-state index contributed by atoms with van der Waals surface area (Å²) in [5.74, 6) is -2.78. The number of hydrogen-bond acceptors (Lipinski definition) is 4. The van der Waals surface area contributed by atoms with Crippen LogP contribution in [-0.4, -0.2) is 34.5 Å². The lowest BCUT2D eigenvalue weighted by molar-refractivity contribution is -0.118. The number of carboxylic acid groups (broad SMARTS) is 2. The van der Waals surface area contributed by atoms with Gasteiger partial charge in [0.2, 0.25) is 0 Å². The first-order valence-electron chi connectivity index (χ1n) is 4.64. The lowest BCUT2D eigenvalue weighted by atomic mass is 10.1. The van der Waals surface area contributed by atoms with E-state index in [9.17, 15) is 14.4 Å². The molecule has 0 saturated heterocycles. The van der Waals surface area contributed by atoms with Gasteiger partial charge in [-0.3, -0.25) is 4.79 Å². The van der Waals surface area contributed by atoms with Crippen LogP contribution in [0.4, 0.5) is 0 Å². The first-order valence-corrected chi connectivity index (χ1v) is 4.64. The molecule has 0 fully saturated rings. The summed E-state index contributed by atoms with van der Waals surface area (Å²) in [6, 6.07) is 3.51. The lowest BCUT2D eigenvalue weighted by Gasteiger charge is -2.06. The molecule has 0 bridgehead atoms. The number of rotatable bonds is 5. The van der Waals surface area contributed by atoms with E-state index in [-0.39, 0.29) is 29.3 Å². The highest BCUT2D eigenvalue weighted by atomic mass is 16.5. The Labute approximate surface area is 96.4 Å². The van der Waals surface area contributed by atoms with E-state index in [1.165, 1.54) is 13.0 Å². The molecule has 0 unspecified atom stereocenters. The van der Waals surface area contributed by atoms with E-state index in [2.05, 4.69) is 0 Å². The molecule has 0 aliphatic rings. The molecule has 0 radical (unpaired) electrons. The van der Waals surface area contributed by atoms with Gasteiger partial charge in [0.15, 0.2) is 5.78 Å². The fourth-order valence-corrected chi connectivity index (χ4v) is 1.16. The average Bonchev–Trinajstić information content (AvgIpc) is 2.25. The number of benzene rings is 1. The predicted octanol–water partition coefficient (Wildman–Crippen LogP) is 1.05. The van der Waals surface area contributed by atoms with Gasteiger partial charge in [0.1, 0.15) is 12.4 Å². The summed E-state index contributed by atoms with van der Waals surface area (Å²) >= 11 is 0. The Morgan fingerprint density at radius 3 is 2.18 bits per heavy atom. The van der Waals surface area contributed by atoms with Gasteiger partial charge in [0, 0.05) is 0 Å². The third kappa shape index (κ3) is 3.30. The first-order chi connectivity index (χ1) is 7.91. The Hall–Kier alpha value is -2.37. The van der Waals surface area contributed by atoms with Crippen molar-refractivity contribution < 1.29 is 29.3 Å². The summed E-state index contributed by atoms with van der Waals surface area (Å²) < 4.78 is 4.99. The van der Waals surface area contributed by atoms with Crippen LogP contribution < -0.4 is 4.74 Å². The van der Waals surface area contributed by atoms with Gasteiger partial charge in [0.25, 0.3) is 0 Å². The second kappa shape index (κ2) is 5.11. The minimum Gasteiger partial charge on any atom is -0.486 e. The van der Waals surface area contributed by atoms with Gasteiger partial charge >= 0.3 is 11.9 Å². The van der Waals surface area contributed by atoms with Gasteiger partial charge in [-0.15, -0.1) is 0 Å². The number of ketones is 1. The van der Waals surface area contributed by atoms with E-state index in [4.69, 9.17) is 14.9 Å². The normalized spacial score (nSPS) is 9.71. The molecule has 0 atom stereocenters. The maximum Gasteiger partial charge on any atom is 0.336 e. The minimum atomic E-state index is -1.37. The van der Waals surface area contributed by atoms with Crippen LogP contribution >= 0.6 is 0 Å². The van der Waals surface area contributed by atoms with Crippen molar-refractivity contribution >= 4 is 17.7 Å². The molecule has 0 amide bonds. The zero-order valence-corrected chi connectivity index (χ0v) is 8.97. The molecule has 0 heterocycles. The molecule has 1 aromatic carbocycles. The van der Waals surface area contributed by atoms with Gasteiger partial charge in [-0.25, -0.2) is 9.59 Å². The smallest absolute Gasteiger partial charge is 0.336 e. The topological polar surface area (TPSA) is 101 Å². The summed E-state index contributed by atoms with van der Waals surface area (Å²) in [5, 5.41) is 17.6. The Bertz CT molecular complexity index is 477. The predicted molar refractivity (Wildman–Crippen MR) is 56.5 cm³/mol. The highest BCUT2D eigenvalue weighted by molar-refractivity contribution is 6.02. The molecule has 1 aromatic rings. The molecule has 90 valence electrons. The van der Waals surface area contributed by atoms with E-state index in [1.807, 2.05) is 0 Å². The summed E-state index contributed by atoms with van der Waals surface area (Å²) in [6.07, 6.45) is 0. The largest absolute Gasteiger partial charge is 0.486 e. The van der Waals surface area contributed by atoms with Crippen molar-refractivity contribution in [2.24, 2.45) is 0 Å². The zero-order chi connectivity index (χ0) is 13.0. The number of carbonyl (C=O) groups excluding carboxylic acids is 1. The molecule has 1 rings (SSSR count). The molecule has 6 heteroatoms. The van der Waals surface area contributed by atoms with E-state index in [0.717, 1.165) is 12.1 Å². The Balaban J connectivity index is 3.05. The number of Topliss-reactive ketones (excluding diaryl/α,β-unsaturated/α-hetero) is 1. The van der Waals surface area contributed by atoms with Crippen LogP contribution in [0.5, 0.6) is 5.75 Å². The van der Waals surface area contributed by atoms with Crippen molar-refractivity contribution in [3.05, 3.63) is 29.3 Å². The average molecular weight is 238 g/mol. The molecule has 0 aromatic heterocycles. The molecule has 0 aliphatic carbocycles. The van der Waals surface area contributed by atoms with Crippen LogP contribution in [0, 0.1) is 0 Å². The summed E-state index contributed by atoms with van der Waals surface area (Å²) in [5.41, 5.74) is -0.703. The van der Waals surface area contributed by atoms with E-state index in [0.29, 0.717) is 0 Å². The third-order valence-electron chi connectivity index (χ3n) is 1.89. The number of hydrogen-bond donors (Lipinski definition) is 2. The number of carbonyl (C=O) groups is 3. The van der Waals surface area contributed by atoms with E-state index in [1.54, 1.807) is 0 Å². The second-order valence-corrected chi connectivity index (χ2v) is 3.31. The quantitative estimate of drug-likeness (QED) is 0.795. The van der Waals surface area contributed by atoms with Crippen molar-refractivity contribution in [1.29, 1.82) is 0 Å². The van der Waals surface area contributed by atoms with Gasteiger partial charge in [-0.05, 0) is 25.1 Å². The van der Waals surface area contributed by atoms with Crippen molar-refractivity contribution in [3.63, 3.8) is 0 Å². The van der Waals surface area contributed by atoms with Gasteiger partial charge < -0.3 is 14.9 Å². The molecule has 0 saturated carbocycles. The van der Waals surface area contributed by atoms with E-state index < -0.39 is 11.9 Å². The molecule has 0 aliphatic heterocycles. The van der Waals surface area contributed by atoms with Crippen LogP contribution in [0.1, 0.15) is 27.6 Å². The Morgan fingerprint density at radius 2 is 1.71 bits per heavy atom. The van der Waals surface area contributed by atoms with E-state index >= 15 is 0 Å². The monoisotopic (exact) mass is 238 g/mol. The Kier molecular flexibility index (Phi) is 3.82. The van der Waals surface area contributed by atoms with Crippen LogP contribution in [0.15, 0.2) is 18.2 Å². The fraction of sp³-hybridized carbons (Fsp3) is 0.182. The third-order valence-corrected chi connectivity index (χ3v) is 1.89. The maximum absolute atomic E-state index is 10.8. The van der Waals surface area contributed by atoms with Crippen LogP contribution in [0.25, 0.3) is 0 Å². The SMILES string of the molecule is CC(=O)COc1ccc(C(=O)O)c(C(=O)O)c1. The van der Waals surface area contributed by atoms with Crippen LogP contribution in [0.3, 0.4) is 0 Å². The minimum absolute atomic E-state index is 0.141. The highest BCUT2D eigenvalue weighted by Gasteiger charge is 2.16. The second-order valence-electron chi connectivity index (χ2n) is 3.31. The fourth-order valence-electron chi connectivity index (χ4n) is 1.16. The molecule has 2 N–H and O–H groups in total. The lowest BCUT2D eigenvalue weighted by Crippen LogP contribution is -2.10. The first kappa shape index (κ1) is 12.7. The van der Waals surface area contributed by atoms with Crippen molar-refractivity contribution in [2.75, 3.05) is 6.61 Å². The Morgan fingerprint density at radius 1 is 1.12 bits per heavy atom. The van der Waals surface area contributed by atoms with Crippen molar-refractivity contribution in [2.45, 2.75) is 6.92 Å². The highest BCUT2D eigenvalue weighted by Crippen LogP contribution is 2.18. The molecular weight excluding hydrogens is 228 g/mol. The summed E-state index contributed by atoms with van der Waals surface area (Å²) in [4.78, 5) is 32.3. The number of ether oxygens (including phenoxy) is 1. The standard InChI is InChI=1S/C11H10O6/c1-6(12)5-17-7-2-3-8(10(13)14)9(4-7)11(15)16/h2-4H,5H2,1H3,(H,13,14)(H,15,16). The summed E-state index contributed by atoms with van der Waals surface area (Å²) in [6.45, 7) is 1.13. The molecule has 6 nitrogen and oxygen atoms in total.